The molecule has 1 rings (SSSR count). The number of nitrogens with one attached hydrogen (secondary N) is 1. The van der Waals surface area contributed by atoms with E-state index in [1.165, 1.54) is 14.0 Å². The Hall–Kier alpha value is -1.32. The topological polar surface area (TPSA) is 55.4 Å². The first-order chi connectivity index (χ1) is 6.60. The van der Waals surface area contributed by atoms with Crippen molar-refractivity contribution in [1.82, 2.24) is 5.32 Å². The molecule has 0 aromatic heterocycles. The number of hydrogen-bond acceptors (Lipinski definition) is 3. The number of amides is 1. The van der Waals surface area contributed by atoms with E-state index in [1.54, 1.807) is 0 Å². The third-order valence-electron chi connectivity index (χ3n) is 2.36. The van der Waals surface area contributed by atoms with Crippen LogP contribution in [0.4, 0.5) is 0 Å². The molecule has 0 unspecified atom stereocenters. The second kappa shape index (κ2) is 4.26. The van der Waals surface area contributed by atoms with Crippen LogP contribution in [0, 0.1) is 0 Å². The molecule has 1 aliphatic carbocycles. The Kier molecular flexibility index (Phi) is 3.28. The van der Waals surface area contributed by atoms with Crippen molar-refractivity contribution in [3.63, 3.8) is 0 Å². The highest BCUT2D eigenvalue weighted by molar-refractivity contribution is 5.87. The minimum Gasteiger partial charge on any atom is -0.467 e. The van der Waals surface area contributed by atoms with Gasteiger partial charge in [-0.05, 0) is 19.3 Å². The lowest BCUT2D eigenvalue weighted by Gasteiger charge is -2.32. The van der Waals surface area contributed by atoms with Crippen molar-refractivity contribution in [2.24, 2.45) is 0 Å². The van der Waals surface area contributed by atoms with Crippen molar-refractivity contribution in [2.45, 2.75) is 31.7 Å². The zero-order chi connectivity index (χ0) is 10.6. The summed E-state index contributed by atoms with van der Waals surface area (Å²) in [6, 6.07) is 0. The van der Waals surface area contributed by atoms with Gasteiger partial charge in [0.1, 0.15) is 5.54 Å². The van der Waals surface area contributed by atoms with Crippen molar-refractivity contribution in [2.75, 3.05) is 7.11 Å². The van der Waals surface area contributed by atoms with E-state index in [9.17, 15) is 9.59 Å². The highest BCUT2D eigenvalue weighted by Crippen LogP contribution is 2.24. The van der Waals surface area contributed by atoms with E-state index >= 15 is 0 Å². The van der Waals surface area contributed by atoms with Gasteiger partial charge in [-0.1, -0.05) is 12.2 Å². The van der Waals surface area contributed by atoms with E-state index in [0.717, 1.165) is 6.42 Å². The summed E-state index contributed by atoms with van der Waals surface area (Å²) in [5, 5.41) is 2.68. The Balaban J connectivity index is 2.83. The van der Waals surface area contributed by atoms with Gasteiger partial charge in [0.2, 0.25) is 5.91 Å². The molecule has 4 heteroatoms. The van der Waals surface area contributed by atoms with E-state index in [4.69, 9.17) is 4.74 Å². The van der Waals surface area contributed by atoms with Gasteiger partial charge in [-0.3, -0.25) is 4.79 Å². The highest BCUT2D eigenvalue weighted by Gasteiger charge is 2.39. The number of allylic oxidation sites excluding steroid dienone is 1. The maximum absolute atomic E-state index is 11.6. The number of esters is 1. The fourth-order valence-electron chi connectivity index (χ4n) is 1.72. The summed E-state index contributed by atoms with van der Waals surface area (Å²) in [6.45, 7) is 1.41. The Morgan fingerprint density at radius 1 is 1.43 bits per heavy atom. The summed E-state index contributed by atoms with van der Waals surface area (Å²) in [7, 11) is 1.34. The Morgan fingerprint density at radius 3 is 2.57 bits per heavy atom. The number of carbonyl (C=O) groups excluding carboxylic acids is 2. The molecule has 1 aliphatic rings. The molecule has 0 bridgehead atoms. The number of ether oxygens (including phenoxy) is 1. The standard InChI is InChI=1S/C10H15NO3/c1-8(12)11-10(9(13)14-2)6-4-3-5-7-10/h3-4H,5-7H2,1-2H3,(H,11,12)/t10-/m0/s1. The Labute approximate surface area is 83.3 Å². The van der Waals surface area contributed by atoms with Gasteiger partial charge in [-0.25, -0.2) is 4.79 Å². The summed E-state index contributed by atoms with van der Waals surface area (Å²) in [5.74, 6) is -0.567. The monoisotopic (exact) mass is 197 g/mol. The predicted octanol–water partition coefficient (Wildman–Crippen LogP) is 0.774. The molecule has 4 nitrogen and oxygen atoms in total. The van der Waals surface area contributed by atoms with Gasteiger partial charge in [-0.2, -0.15) is 0 Å². The second-order valence-electron chi connectivity index (χ2n) is 3.47. The maximum atomic E-state index is 11.6. The van der Waals surface area contributed by atoms with E-state index in [-0.39, 0.29) is 11.9 Å². The fourth-order valence-corrected chi connectivity index (χ4v) is 1.72. The molecule has 0 radical (unpaired) electrons. The highest BCUT2D eigenvalue weighted by atomic mass is 16.5. The van der Waals surface area contributed by atoms with Crippen LogP contribution in [0.1, 0.15) is 26.2 Å². The molecule has 1 amide bonds. The number of carbonyl (C=O) groups is 2. The average Bonchev–Trinajstić information content (AvgIpc) is 2.17. The van der Waals surface area contributed by atoms with E-state index in [2.05, 4.69) is 5.32 Å². The van der Waals surface area contributed by atoms with Crippen molar-refractivity contribution in [3.8, 4) is 0 Å². The van der Waals surface area contributed by atoms with Gasteiger partial charge in [-0.15, -0.1) is 0 Å². The third kappa shape index (κ3) is 2.13. The largest absolute Gasteiger partial charge is 0.467 e. The smallest absolute Gasteiger partial charge is 0.331 e. The molecule has 0 saturated carbocycles. The lowest BCUT2D eigenvalue weighted by Crippen LogP contribution is -2.54. The normalized spacial score (nSPS) is 25.6. The van der Waals surface area contributed by atoms with Gasteiger partial charge in [0, 0.05) is 6.92 Å². The number of methoxy groups -OCH3 is 1. The molecule has 14 heavy (non-hydrogen) atoms. The summed E-state index contributed by atoms with van der Waals surface area (Å²) >= 11 is 0. The molecular formula is C10H15NO3. The summed E-state index contributed by atoms with van der Waals surface area (Å²) in [6.07, 6.45) is 5.81. The maximum Gasteiger partial charge on any atom is 0.331 e. The minimum absolute atomic E-state index is 0.203. The van der Waals surface area contributed by atoms with Gasteiger partial charge >= 0.3 is 5.97 Å². The van der Waals surface area contributed by atoms with Crippen molar-refractivity contribution < 1.29 is 14.3 Å². The molecule has 0 spiro atoms. The molecule has 0 aliphatic heterocycles. The van der Waals surface area contributed by atoms with Crippen LogP contribution in [0.2, 0.25) is 0 Å². The second-order valence-corrected chi connectivity index (χ2v) is 3.47. The quantitative estimate of drug-likeness (QED) is 0.525. The Morgan fingerprint density at radius 2 is 2.14 bits per heavy atom. The van der Waals surface area contributed by atoms with Crippen LogP contribution in [0.3, 0.4) is 0 Å². The average molecular weight is 197 g/mol. The predicted molar refractivity (Wildman–Crippen MR) is 51.6 cm³/mol. The first-order valence-electron chi connectivity index (χ1n) is 4.63. The van der Waals surface area contributed by atoms with E-state index < -0.39 is 5.54 Å². The molecule has 1 atom stereocenters. The van der Waals surface area contributed by atoms with E-state index in [0.29, 0.717) is 12.8 Å². The van der Waals surface area contributed by atoms with Crippen LogP contribution in [0.15, 0.2) is 12.2 Å². The first-order valence-corrected chi connectivity index (χ1v) is 4.63. The van der Waals surface area contributed by atoms with Crippen LogP contribution >= 0.6 is 0 Å². The molecule has 78 valence electrons. The molecule has 0 aromatic rings. The fraction of sp³-hybridized carbons (Fsp3) is 0.600. The lowest BCUT2D eigenvalue weighted by molar-refractivity contribution is -0.151. The van der Waals surface area contributed by atoms with Gasteiger partial charge in [0.25, 0.3) is 0 Å². The van der Waals surface area contributed by atoms with Crippen molar-refractivity contribution in [1.29, 1.82) is 0 Å². The van der Waals surface area contributed by atoms with E-state index in [1.807, 2.05) is 12.2 Å². The molecule has 0 aromatic carbocycles. The SMILES string of the molecule is COC(=O)[C@]1(NC(C)=O)CC=CCC1. The van der Waals surface area contributed by atoms with Crippen molar-refractivity contribution in [3.05, 3.63) is 12.2 Å². The van der Waals surface area contributed by atoms with Gasteiger partial charge in [0.05, 0.1) is 7.11 Å². The zero-order valence-electron chi connectivity index (χ0n) is 8.50. The summed E-state index contributed by atoms with van der Waals surface area (Å²) in [4.78, 5) is 22.5. The zero-order valence-corrected chi connectivity index (χ0v) is 8.50. The molecule has 0 fully saturated rings. The van der Waals surface area contributed by atoms with Gasteiger partial charge < -0.3 is 10.1 Å². The minimum atomic E-state index is -0.838. The first kappa shape index (κ1) is 10.8. The summed E-state index contributed by atoms with van der Waals surface area (Å²) < 4.78 is 4.71. The number of rotatable bonds is 2. The number of hydrogen-bond donors (Lipinski definition) is 1. The van der Waals surface area contributed by atoms with Crippen LogP contribution in [0.25, 0.3) is 0 Å². The van der Waals surface area contributed by atoms with Crippen LogP contribution in [0.5, 0.6) is 0 Å². The van der Waals surface area contributed by atoms with Crippen LogP contribution in [-0.4, -0.2) is 24.5 Å². The Bertz CT molecular complexity index is 273. The lowest BCUT2D eigenvalue weighted by atomic mass is 9.85. The third-order valence-corrected chi connectivity index (χ3v) is 2.36. The van der Waals surface area contributed by atoms with Crippen LogP contribution in [-0.2, 0) is 14.3 Å². The molecule has 0 heterocycles. The summed E-state index contributed by atoms with van der Waals surface area (Å²) in [5.41, 5.74) is -0.838. The van der Waals surface area contributed by atoms with Crippen molar-refractivity contribution >= 4 is 11.9 Å². The molecule has 0 saturated heterocycles. The van der Waals surface area contributed by atoms with Crippen LogP contribution < -0.4 is 5.32 Å². The molecule has 1 N–H and O–H groups in total. The molecular weight excluding hydrogens is 182 g/mol. The van der Waals surface area contributed by atoms with Gasteiger partial charge in [0.15, 0.2) is 0 Å².